The fourth-order valence-corrected chi connectivity index (χ4v) is 5.54. The quantitative estimate of drug-likeness (QED) is 0.216. The number of aliphatic carboxylic acids is 1. The SMILES string of the molecule is COc1ccc(C(CS(C)(=O)=O)N2C(=O)c3cccc(NC=O)c3C2=O)cc1OC1CC(O)C(O)C(C(=O)O)O1. The van der Waals surface area contributed by atoms with Gasteiger partial charge in [-0.2, -0.15) is 0 Å². The van der Waals surface area contributed by atoms with Gasteiger partial charge in [0.05, 0.1) is 41.8 Å². The Labute approximate surface area is 228 Å². The lowest BCUT2D eigenvalue weighted by Gasteiger charge is -2.35. The van der Waals surface area contributed by atoms with Crippen LogP contribution in [0.4, 0.5) is 5.69 Å². The van der Waals surface area contributed by atoms with Gasteiger partial charge in [0.1, 0.15) is 15.9 Å². The third-order valence-electron chi connectivity index (χ3n) is 6.44. The highest BCUT2D eigenvalue weighted by molar-refractivity contribution is 7.90. The van der Waals surface area contributed by atoms with Crippen molar-refractivity contribution in [2.24, 2.45) is 0 Å². The van der Waals surface area contributed by atoms with Crippen molar-refractivity contribution in [2.45, 2.75) is 37.1 Å². The Bertz CT molecular complexity index is 1460. The van der Waals surface area contributed by atoms with Gasteiger partial charge in [0.15, 0.2) is 17.6 Å². The molecule has 5 unspecified atom stereocenters. The molecule has 0 bridgehead atoms. The molecule has 1 fully saturated rings. The van der Waals surface area contributed by atoms with Crippen LogP contribution in [0.25, 0.3) is 0 Å². The zero-order valence-electron chi connectivity index (χ0n) is 21.2. The summed E-state index contributed by atoms with van der Waals surface area (Å²) in [5.74, 6) is -3.75. The number of carboxylic acid groups (broad SMARTS) is 1. The number of fused-ring (bicyclic) bond motifs is 1. The molecule has 2 aliphatic rings. The van der Waals surface area contributed by atoms with Crippen LogP contribution in [0.3, 0.4) is 0 Å². The molecule has 4 N–H and O–H groups in total. The number of nitrogens with zero attached hydrogens (tertiary/aromatic N) is 1. The topological polar surface area (TPSA) is 206 Å². The number of nitrogens with one attached hydrogen (secondary N) is 1. The lowest BCUT2D eigenvalue weighted by Crippen LogP contribution is -2.53. The van der Waals surface area contributed by atoms with Crippen LogP contribution < -0.4 is 14.8 Å². The van der Waals surface area contributed by atoms with Crippen LogP contribution in [0.15, 0.2) is 36.4 Å². The smallest absolute Gasteiger partial charge is 0.335 e. The van der Waals surface area contributed by atoms with Crippen LogP contribution in [0, 0.1) is 0 Å². The predicted molar refractivity (Wildman–Crippen MR) is 136 cm³/mol. The van der Waals surface area contributed by atoms with Gasteiger partial charge < -0.3 is 34.8 Å². The van der Waals surface area contributed by atoms with E-state index in [9.17, 15) is 42.9 Å². The fraction of sp³-hybridized carbons (Fsp3) is 0.360. The van der Waals surface area contributed by atoms with Gasteiger partial charge in [0, 0.05) is 12.7 Å². The molecular formula is C25H26N2O12S. The Hall–Kier alpha value is -4.05. The van der Waals surface area contributed by atoms with Crippen molar-refractivity contribution in [2.75, 3.05) is 24.4 Å². The molecule has 2 aromatic rings. The van der Waals surface area contributed by atoms with Crippen molar-refractivity contribution in [3.05, 3.63) is 53.1 Å². The summed E-state index contributed by atoms with van der Waals surface area (Å²) in [5, 5.41) is 31.7. The fourth-order valence-electron chi connectivity index (χ4n) is 4.63. The summed E-state index contributed by atoms with van der Waals surface area (Å²) in [6, 6.07) is 7.04. The minimum Gasteiger partial charge on any atom is -0.493 e. The molecule has 0 aromatic heterocycles. The summed E-state index contributed by atoms with van der Waals surface area (Å²) < 4.78 is 41.2. The first-order valence-electron chi connectivity index (χ1n) is 11.8. The van der Waals surface area contributed by atoms with Crippen molar-refractivity contribution in [3.8, 4) is 11.5 Å². The van der Waals surface area contributed by atoms with E-state index in [-0.39, 0.29) is 40.3 Å². The van der Waals surface area contributed by atoms with Crippen LogP contribution in [-0.2, 0) is 24.2 Å². The van der Waals surface area contributed by atoms with Crippen LogP contribution in [0.5, 0.6) is 11.5 Å². The molecule has 4 rings (SSSR count). The largest absolute Gasteiger partial charge is 0.493 e. The highest BCUT2D eigenvalue weighted by Crippen LogP contribution is 2.39. The average molecular weight is 579 g/mol. The van der Waals surface area contributed by atoms with Crippen LogP contribution in [0.1, 0.15) is 38.7 Å². The molecule has 0 radical (unpaired) electrons. The first-order valence-corrected chi connectivity index (χ1v) is 13.9. The number of sulfone groups is 1. The second-order valence-corrected chi connectivity index (χ2v) is 11.4. The van der Waals surface area contributed by atoms with Gasteiger partial charge in [-0.25, -0.2) is 13.2 Å². The maximum Gasteiger partial charge on any atom is 0.335 e. The molecule has 2 aromatic carbocycles. The molecule has 1 saturated heterocycles. The summed E-state index contributed by atoms with van der Waals surface area (Å²) in [7, 11) is -2.48. The summed E-state index contributed by atoms with van der Waals surface area (Å²) in [6.07, 6.45) is -5.35. The van der Waals surface area contributed by atoms with Crippen molar-refractivity contribution in [1.29, 1.82) is 0 Å². The zero-order valence-corrected chi connectivity index (χ0v) is 22.0. The number of imide groups is 1. The highest BCUT2D eigenvalue weighted by Gasteiger charge is 2.44. The van der Waals surface area contributed by atoms with Crippen LogP contribution in [0.2, 0.25) is 0 Å². The number of carbonyl (C=O) groups is 4. The van der Waals surface area contributed by atoms with E-state index in [0.717, 1.165) is 11.2 Å². The van der Waals surface area contributed by atoms with Gasteiger partial charge in [-0.1, -0.05) is 12.1 Å². The first-order chi connectivity index (χ1) is 18.9. The second-order valence-electron chi connectivity index (χ2n) is 9.23. The van der Waals surface area contributed by atoms with Gasteiger partial charge in [0.25, 0.3) is 11.8 Å². The summed E-state index contributed by atoms with van der Waals surface area (Å²) in [4.78, 5) is 50.1. The normalized spacial score (nSPS) is 23.4. The van der Waals surface area contributed by atoms with Crippen molar-refractivity contribution in [1.82, 2.24) is 4.90 Å². The van der Waals surface area contributed by atoms with E-state index in [0.29, 0.717) is 6.41 Å². The number of aliphatic hydroxyl groups is 2. The number of aliphatic hydroxyl groups excluding tert-OH is 2. The number of amides is 3. The summed E-state index contributed by atoms with van der Waals surface area (Å²) >= 11 is 0. The Kier molecular flexibility index (Phi) is 8.11. The van der Waals surface area contributed by atoms with Gasteiger partial charge in [-0.15, -0.1) is 0 Å². The standard InChI is InChI=1S/C25H26N2O12S/c1-37-17-7-6-12(8-18(17)38-19-9-16(29)21(30)22(39-19)25(33)34)15(10-40(2,35)36)27-23(31)13-4-3-5-14(26-11-28)20(13)24(27)32/h3-8,11,15-16,19,21-22,29-30H,9-10H2,1-2H3,(H,26,28)(H,33,34). The Morgan fingerprint density at radius 2 is 1.93 bits per heavy atom. The molecule has 40 heavy (non-hydrogen) atoms. The minimum absolute atomic E-state index is 0.0248. The lowest BCUT2D eigenvalue weighted by molar-refractivity contribution is -0.228. The van der Waals surface area contributed by atoms with Gasteiger partial charge in [0.2, 0.25) is 12.7 Å². The van der Waals surface area contributed by atoms with Crippen LogP contribution in [-0.4, -0.2) is 96.6 Å². The number of benzene rings is 2. The number of rotatable bonds is 10. The van der Waals surface area contributed by atoms with E-state index in [4.69, 9.17) is 14.2 Å². The molecule has 5 atom stereocenters. The number of carboxylic acids is 1. The second kappa shape index (κ2) is 11.2. The maximum absolute atomic E-state index is 13.5. The van der Waals surface area contributed by atoms with Crippen LogP contribution >= 0.6 is 0 Å². The molecule has 0 saturated carbocycles. The molecular weight excluding hydrogens is 552 g/mol. The number of hydrogen-bond donors (Lipinski definition) is 4. The predicted octanol–water partition coefficient (Wildman–Crippen LogP) is -0.0544. The van der Waals surface area contributed by atoms with E-state index in [1.807, 2.05) is 0 Å². The van der Waals surface area contributed by atoms with Crippen molar-refractivity contribution < 1.29 is 57.1 Å². The molecule has 2 heterocycles. The molecule has 0 spiro atoms. The van der Waals surface area contributed by atoms with Crippen molar-refractivity contribution >= 4 is 39.7 Å². The lowest BCUT2D eigenvalue weighted by atomic mass is 10.0. The zero-order chi connectivity index (χ0) is 29.4. The Balaban J connectivity index is 1.74. The molecule has 15 heteroatoms. The minimum atomic E-state index is -3.79. The number of anilines is 1. The van der Waals surface area contributed by atoms with Crippen molar-refractivity contribution in [3.63, 3.8) is 0 Å². The van der Waals surface area contributed by atoms with E-state index in [1.165, 1.54) is 43.5 Å². The van der Waals surface area contributed by atoms with Gasteiger partial charge >= 0.3 is 5.97 Å². The number of hydrogen-bond acceptors (Lipinski definition) is 11. The van der Waals surface area contributed by atoms with E-state index < -0.39 is 64.0 Å². The number of methoxy groups -OCH3 is 1. The Morgan fingerprint density at radius 1 is 1.20 bits per heavy atom. The van der Waals surface area contributed by atoms with E-state index >= 15 is 0 Å². The Morgan fingerprint density at radius 3 is 2.55 bits per heavy atom. The van der Waals surface area contributed by atoms with E-state index in [1.54, 1.807) is 0 Å². The first kappa shape index (κ1) is 28.9. The molecule has 214 valence electrons. The summed E-state index contributed by atoms with van der Waals surface area (Å²) in [6.45, 7) is 0. The molecule has 0 aliphatic carbocycles. The molecule has 3 amide bonds. The van der Waals surface area contributed by atoms with Gasteiger partial charge in [-0.05, 0) is 29.8 Å². The monoisotopic (exact) mass is 578 g/mol. The number of carbonyl (C=O) groups excluding carboxylic acids is 3. The summed E-state index contributed by atoms with van der Waals surface area (Å²) in [5.41, 5.74) is 0.106. The van der Waals surface area contributed by atoms with E-state index in [2.05, 4.69) is 5.32 Å². The highest BCUT2D eigenvalue weighted by atomic mass is 32.2. The van der Waals surface area contributed by atoms with Gasteiger partial charge in [-0.3, -0.25) is 19.3 Å². The third kappa shape index (κ3) is 5.62. The molecule has 2 aliphatic heterocycles. The number of ether oxygens (including phenoxy) is 3. The third-order valence-corrected chi connectivity index (χ3v) is 7.37. The maximum atomic E-state index is 13.5. The average Bonchev–Trinajstić information content (AvgIpc) is 3.14. The molecule has 14 nitrogen and oxygen atoms in total.